The summed E-state index contributed by atoms with van der Waals surface area (Å²) in [7, 11) is 0. The summed E-state index contributed by atoms with van der Waals surface area (Å²) < 4.78 is 0. The number of nitrogens with one attached hydrogen (secondary N) is 1. The van der Waals surface area contributed by atoms with Crippen LogP contribution in [0.2, 0.25) is 0 Å². The van der Waals surface area contributed by atoms with Crippen LogP contribution in [0, 0.1) is 11.3 Å². The van der Waals surface area contributed by atoms with Crippen molar-refractivity contribution in [1.29, 1.82) is 5.26 Å². The highest BCUT2D eigenvalue weighted by Gasteiger charge is 2.15. The number of allylic oxidation sites excluding steroid dienone is 2. The Balaban J connectivity index is 2.05. The predicted molar refractivity (Wildman–Crippen MR) is 78.7 cm³/mol. The Hall–Kier alpha value is -2.18. The first kappa shape index (κ1) is 13.3. The van der Waals surface area contributed by atoms with Crippen LogP contribution in [0.4, 0.5) is 0 Å². The molecule has 1 aliphatic heterocycles. The first-order valence-corrected chi connectivity index (χ1v) is 6.36. The maximum Gasteiger partial charge on any atom is 0.133 e. The lowest BCUT2D eigenvalue weighted by atomic mass is 10.0. The smallest absolute Gasteiger partial charge is 0.133 e. The summed E-state index contributed by atoms with van der Waals surface area (Å²) in [5.74, 6) is 0. The average Bonchev–Trinajstić information content (AvgIpc) is 2.98. The number of nitrogens with zero attached hydrogens (tertiary/aromatic N) is 2. The number of nitriles is 1. The van der Waals surface area contributed by atoms with Gasteiger partial charge in [-0.05, 0) is 36.1 Å². The third-order valence-electron chi connectivity index (χ3n) is 3.25. The topological polar surface area (TPSA) is 48.2 Å². The van der Waals surface area contributed by atoms with Gasteiger partial charge in [-0.1, -0.05) is 37.4 Å². The van der Waals surface area contributed by atoms with Gasteiger partial charge < -0.3 is 5.32 Å². The van der Waals surface area contributed by atoms with Crippen LogP contribution in [-0.4, -0.2) is 12.8 Å². The lowest BCUT2D eigenvalue weighted by Gasteiger charge is -2.11. The summed E-state index contributed by atoms with van der Waals surface area (Å²) in [6.07, 6.45) is 4.01. The normalized spacial score (nSPS) is 18.4. The molecule has 3 nitrogen and oxygen atoms in total. The summed E-state index contributed by atoms with van der Waals surface area (Å²) in [5, 5.41) is 12.0. The second-order valence-electron chi connectivity index (χ2n) is 4.61. The van der Waals surface area contributed by atoms with Crippen molar-refractivity contribution in [2.24, 2.45) is 4.99 Å². The highest BCUT2D eigenvalue weighted by atomic mass is 14.9. The van der Waals surface area contributed by atoms with E-state index in [1.54, 1.807) is 6.21 Å². The van der Waals surface area contributed by atoms with E-state index in [0.717, 1.165) is 17.7 Å². The van der Waals surface area contributed by atoms with Crippen LogP contribution in [0.3, 0.4) is 0 Å². The standard InChI is InChI=1S/C16H17N3/c1-12(11-19-13(2)10-17)14-5-7-15(8-6-14)16-4-3-9-18-16/h5-8,11,16,18H,1-4,9H2. The van der Waals surface area contributed by atoms with Crippen molar-refractivity contribution in [2.45, 2.75) is 18.9 Å². The van der Waals surface area contributed by atoms with Crippen molar-refractivity contribution in [1.82, 2.24) is 5.32 Å². The number of aliphatic imine (C=N–C) groups is 1. The van der Waals surface area contributed by atoms with Crippen LogP contribution in [0.15, 0.2) is 48.1 Å². The van der Waals surface area contributed by atoms with Gasteiger partial charge >= 0.3 is 0 Å². The summed E-state index contributed by atoms with van der Waals surface area (Å²) in [5.41, 5.74) is 3.29. The number of benzene rings is 1. The summed E-state index contributed by atoms with van der Waals surface area (Å²) >= 11 is 0. The molecule has 2 rings (SSSR count). The molecule has 1 fully saturated rings. The molecule has 1 saturated heterocycles. The molecule has 0 radical (unpaired) electrons. The molecule has 1 heterocycles. The molecule has 0 spiro atoms. The Kier molecular flexibility index (Phi) is 4.27. The van der Waals surface area contributed by atoms with Crippen molar-refractivity contribution in [3.8, 4) is 6.07 Å². The van der Waals surface area contributed by atoms with E-state index in [1.807, 2.05) is 18.2 Å². The summed E-state index contributed by atoms with van der Waals surface area (Å²) in [4.78, 5) is 3.93. The number of hydrogen-bond acceptors (Lipinski definition) is 3. The van der Waals surface area contributed by atoms with E-state index in [1.165, 1.54) is 18.4 Å². The quantitative estimate of drug-likeness (QED) is 0.659. The zero-order valence-corrected chi connectivity index (χ0v) is 10.9. The van der Waals surface area contributed by atoms with Crippen molar-refractivity contribution in [3.63, 3.8) is 0 Å². The Morgan fingerprint density at radius 1 is 1.37 bits per heavy atom. The van der Waals surface area contributed by atoms with E-state index < -0.39 is 0 Å². The van der Waals surface area contributed by atoms with Crippen LogP contribution < -0.4 is 5.32 Å². The molecule has 0 aliphatic carbocycles. The fourth-order valence-electron chi connectivity index (χ4n) is 2.16. The minimum Gasteiger partial charge on any atom is -0.310 e. The highest BCUT2D eigenvalue weighted by molar-refractivity contribution is 6.09. The third kappa shape index (κ3) is 3.40. The third-order valence-corrected chi connectivity index (χ3v) is 3.25. The molecule has 19 heavy (non-hydrogen) atoms. The van der Waals surface area contributed by atoms with Crippen molar-refractivity contribution in [2.75, 3.05) is 6.54 Å². The number of hydrogen-bond donors (Lipinski definition) is 1. The van der Waals surface area contributed by atoms with Crippen LogP contribution in [0.25, 0.3) is 5.57 Å². The minimum atomic E-state index is 0.188. The van der Waals surface area contributed by atoms with Crippen LogP contribution in [-0.2, 0) is 0 Å². The maximum absolute atomic E-state index is 8.58. The molecule has 0 amide bonds. The molecule has 1 aromatic rings. The lowest BCUT2D eigenvalue weighted by Crippen LogP contribution is -2.12. The molecular weight excluding hydrogens is 234 g/mol. The van der Waals surface area contributed by atoms with E-state index in [4.69, 9.17) is 5.26 Å². The molecule has 96 valence electrons. The van der Waals surface area contributed by atoms with Gasteiger partial charge in [0, 0.05) is 12.3 Å². The van der Waals surface area contributed by atoms with Crippen molar-refractivity contribution in [3.05, 3.63) is 54.2 Å². The molecule has 1 unspecified atom stereocenters. The van der Waals surface area contributed by atoms with Gasteiger partial charge in [0.05, 0.1) is 0 Å². The Bertz CT molecular complexity index is 540. The zero-order chi connectivity index (χ0) is 13.7. The number of rotatable bonds is 4. The highest BCUT2D eigenvalue weighted by Crippen LogP contribution is 2.24. The monoisotopic (exact) mass is 251 g/mol. The molecule has 1 aliphatic rings. The fourth-order valence-corrected chi connectivity index (χ4v) is 2.16. The van der Waals surface area contributed by atoms with E-state index >= 15 is 0 Å². The second-order valence-corrected chi connectivity index (χ2v) is 4.61. The summed E-state index contributed by atoms with van der Waals surface area (Å²) in [6.45, 7) is 8.54. The predicted octanol–water partition coefficient (Wildman–Crippen LogP) is 3.23. The van der Waals surface area contributed by atoms with Crippen LogP contribution >= 0.6 is 0 Å². The van der Waals surface area contributed by atoms with E-state index in [2.05, 4.69) is 35.6 Å². The molecule has 0 bridgehead atoms. The van der Waals surface area contributed by atoms with Crippen molar-refractivity contribution < 1.29 is 0 Å². The average molecular weight is 251 g/mol. The SMILES string of the molecule is C=C(C#N)N=CC(=C)c1ccc(C2CCCN2)cc1. The van der Waals surface area contributed by atoms with E-state index in [0.29, 0.717) is 6.04 Å². The molecule has 1 aromatic carbocycles. The van der Waals surface area contributed by atoms with Gasteiger partial charge in [-0.2, -0.15) is 5.26 Å². The van der Waals surface area contributed by atoms with Gasteiger partial charge in [0.1, 0.15) is 11.8 Å². The van der Waals surface area contributed by atoms with Crippen LogP contribution in [0.5, 0.6) is 0 Å². The van der Waals surface area contributed by atoms with E-state index in [-0.39, 0.29) is 5.70 Å². The van der Waals surface area contributed by atoms with Gasteiger partial charge in [0.15, 0.2) is 0 Å². The Labute approximate surface area is 114 Å². The van der Waals surface area contributed by atoms with Gasteiger partial charge in [0.25, 0.3) is 0 Å². The zero-order valence-electron chi connectivity index (χ0n) is 10.9. The van der Waals surface area contributed by atoms with Gasteiger partial charge in [-0.25, -0.2) is 4.99 Å². The maximum atomic E-state index is 8.58. The van der Waals surface area contributed by atoms with Crippen LogP contribution in [0.1, 0.15) is 30.0 Å². The Morgan fingerprint density at radius 2 is 2.11 bits per heavy atom. The van der Waals surface area contributed by atoms with Gasteiger partial charge in [-0.3, -0.25) is 0 Å². The summed E-state index contributed by atoms with van der Waals surface area (Å²) in [6, 6.07) is 10.7. The van der Waals surface area contributed by atoms with Gasteiger partial charge in [-0.15, -0.1) is 0 Å². The lowest BCUT2D eigenvalue weighted by molar-refractivity contribution is 0.648. The van der Waals surface area contributed by atoms with Gasteiger partial charge in [0.2, 0.25) is 0 Å². The molecule has 0 saturated carbocycles. The van der Waals surface area contributed by atoms with E-state index in [9.17, 15) is 0 Å². The molecule has 1 atom stereocenters. The largest absolute Gasteiger partial charge is 0.310 e. The molecule has 0 aromatic heterocycles. The van der Waals surface area contributed by atoms with Crippen molar-refractivity contribution >= 4 is 11.8 Å². The first-order valence-electron chi connectivity index (χ1n) is 6.36. The second kappa shape index (κ2) is 6.12. The minimum absolute atomic E-state index is 0.188. The first-order chi connectivity index (χ1) is 9.20. The fraction of sp³-hybridized carbons (Fsp3) is 0.250. The molecular formula is C16H17N3. The Morgan fingerprint density at radius 3 is 2.68 bits per heavy atom. The molecule has 1 N–H and O–H groups in total. The molecule has 3 heteroatoms.